The summed E-state index contributed by atoms with van der Waals surface area (Å²) < 4.78 is 15.7. The summed E-state index contributed by atoms with van der Waals surface area (Å²) in [6.07, 6.45) is 7.54. The summed E-state index contributed by atoms with van der Waals surface area (Å²) >= 11 is 0. The zero-order valence-corrected chi connectivity index (χ0v) is 10.5. The summed E-state index contributed by atoms with van der Waals surface area (Å²) in [7, 11) is 0. The molecule has 0 amide bonds. The minimum atomic E-state index is -0.472. The molecule has 3 rings (SSSR count). The first kappa shape index (κ1) is 12.2. The van der Waals surface area contributed by atoms with Crippen LogP contribution < -0.4 is 0 Å². The number of rotatable bonds is 5. The molecule has 0 aliphatic rings. The minimum Gasteiger partial charge on any atom is -0.465 e. The first-order valence-corrected chi connectivity index (χ1v) is 6.08. The van der Waals surface area contributed by atoms with Gasteiger partial charge in [-0.3, -0.25) is 9.98 Å². The Balaban J connectivity index is 1.81. The van der Waals surface area contributed by atoms with E-state index >= 15 is 0 Å². The van der Waals surface area contributed by atoms with Gasteiger partial charge in [-0.15, -0.1) is 0 Å². The van der Waals surface area contributed by atoms with E-state index in [2.05, 4.69) is 9.98 Å². The quantitative estimate of drug-likeness (QED) is 0.663. The van der Waals surface area contributed by atoms with Crippen LogP contribution in [0.4, 0.5) is 0 Å². The van der Waals surface area contributed by atoms with Crippen molar-refractivity contribution in [2.75, 3.05) is 0 Å². The first-order chi connectivity index (χ1) is 9.92. The van der Waals surface area contributed by atoms with Crippen LogP contribution in [0, 0.1) is 0 Å². The fourth-order valence-electron chi connectivity index (χ4n) is 1.64. The van der Waals surface area contributed by atoms with Crippen molar-refractivity contribution in [3.05, 3.63) is 72.5 Å². The third-order valence-electron chi connectivity index (χ3n) is 2.57. The number of aliphatic imine (C=N–C) groups is 2. The molecule has 0 spiro atoms. The Morgan fingerprint density at radius 3 is 1.75 bits per heavy atom. The fraction of sp³-hybridized carbons (Fsp3) is 0.0667. The lowest BCUT2D eigenvalue weighted by atomic mass is 10.3. The lowest BCUT2D eigenvalue weighted by Crippen LogP contribution is -1.92. The molecule has 3 heterocycles. The van der Waals surface area contributed by atoms with Crippen molar-refractivity contribution in [3.63, 3.8) is 0 Å². The highest BCUT2D eigenvalue weighted by Crippen LogP contribution is 2.19. The van der Waals surface area contributed by atoms with E-state index in [1.54, 1.807) is 49.4 Å². The van der Waals surface area contributed by atoms with Crippen molar-refractivity contribution in [1.82, 2.24) is 0 Å². The lowest BCUT2D eigenvalue weighted by molar-refractivity contribution is 0.474. The maximum Gasteiger partial charge on any atom is 0.197 e. The molecule has 0 saturated carbocycles. The van der Waals surface area contributed by atoms with Crippen LogP contribution in [0.2, 0.25) is 0 Å². The highest BCUT2D eigenvalue weighted by atomic mass is 16.3. The van der Waals surface area contributed by atoms with E-state index in [0.29, 0.717) is 17.3 Å². The summed E-state index contributed by atoms with van der Waals surface area (Å²) in [5, 5.41) is 0. The molecule has 1 unspecified atom stereocenters. The van der Waals surface area contributed by atoms with Crippen molar-refractivity contribution < 1.29 is 13.3 Å². The van der Waals surface area contributed by atoms with Gasteiger partial charge in [0, 0.05) is 0 Å². The molecule has 3 aromatic rings. The molecule has 1 atom stereocenters. The highest BCUT2D eigenvalue weighted by Gasteiger charge is 2.10. The van der Waals surface area contributed by atoms with Crippen molar-refractivity contribution in [1.29, 1.82) is 0 Å². The molecule has 5 heteroatoms. The minimum absolute atomic E-state index is 0.472. The molecule has 0 radical (unpaired) electrons. The van der Waals surface area contributed by atoms with Crippen LogP contribution in [-0.4, -0.2) is 12.4 Å². The molecule has 0 aromatic carbocycles. The summed E-state index contributed by atoms with van der Waals surface area (Å²) in [5.41, 5.74) is 0. The summed E-state index contributed by atoms with van der Waals surface area (Å²) in [4.78, 5) is 8.71. The Morgan fingerprint density at radius 1 is 0.750 bits per heavy atom. The van der Waals surface area contributed by atoms with Gasteiger partial charge in [0.25, 0.3) is 0 Å². The van der Waals surface area contributed by atoms with E-state index in [9.17, 15) is 0 Å². The van der Waals surface area contributed by atoms with Crippen molar-refractivity contribution in [3.8, 4) is 0 Å². The Morgan fingerprint density at radius 2 is 1.30 bits per heavy atom. The van der Waals surface area contributed by atoms with Crippen LogP contribution in [0.1, 0.15) is 23.4 Å². The zero-order valence-electron chi connectivity index (χ0n) is 10.5. The largest absolute Gasteiger partial charge is 0.465 e. The Labute approximate surface area is 115 Å². The first-order valence-electron chi connectivity index (χ1n) is 6.08. The lowest BCUT2D eigenvalue weighted by Gasteiger charge is -2.02. The van der Waals surface area contributed by atoms with E-state index in [4.69, 9.17) is 13.3 Å². The van der Waals surface area contributed by atoms with Crippen LogP contribution in [0.3, 0.4) is 0 Å². The van der Waals surface area contributed by atoms with Crippen molar-refractivity contribution in [2.24, 2.45) is 9.98 Å². The van der Waals surface area contributed by atoms with Crippen LogP contribution >= 0.6 is 0 Å². The second-order valence-electron chi connectivity index (χ2n) is 3.98. The van der Waals surface area contributed by atoms with Gasteiger partial charge in [-0.05, 0) is 36.4 Å². The van der Waals surface area contributed by atoms with Crippen LogP contribution in [0.25, 0.3) is 0 Å². The third kappa shape index (κ3) is 2.95. The van der Waals surface area contributed by atoms with Gasteiger partial charge in [-0.25, -0.2) is 0 Å². The molecule has 0 bridgehead atoms. The molecule has 0 saturated heterocycles. The van der Waals surface area contributed by atoms with Crippen LogP contribution in [0.15, 0.2) is 78.4 Å². The smallest absolute Gasteiger partial charge is 0.197 e. The van der Waals surface area contributed by atoms with Gasteiger partial charge in [0.05, 0.1) is 31.2 Å². The monoisotopic (exact) mass is 268 g/mol. The molecule has 20 heavy (non-hydrogen) atoms. The molecule has 100 valence electrons. The van der Waals surface area contributed by atoms with Gasteiger partial charge in [-0.2, -0.15) is 0 Å². The number of hydrogen-bond donors (Lipinski definition) is 0. The third-order valence-corrected chi connectivity index (χ3v) is 2.57. The molecule has 0 aliphatic carbocycles. The predicted octanol–water partition coefficient (Wildman–Crippen LogP) is 3.70. The van der Waals surface area contributed by atoms with Gasteiger partial charge in [-0.1, -0.05) is 0 Å². The zero-order chi connectivity index (χ0) is 13.6. The number of nitrogens with zero attached hydrogens (tertiary/aromatic N) is 2. The molecular formula is C15H12N2O3. The normalized spacial score (nSPS) is 13.4. The Kier molecular flexibility index (Phi) is 3.59. The van der Waals surface area contributed by atoms with Gasteiger partial charge >= 0.3 is 0 Å². The highest BCUT2D eigenvalue weighted by molar-refractivity contribution is 5.77. The molecular weight excluding hydrogens is 256 g/mol. The van der Waals surface area contributed by atoms with E-state index < -0.39 is 6.17 Å². The Bertz CT molecular complexity index is 621. The van der Waals surface area contributed by atoms with E-state index in [0.717, 1.165) is 0 Å². The topological polar surface area (TPSA) is 64.1 Å². The standard InChI is InChI=1S/C15H12N2O3/c1-4-12(18-7-1)10-16-15(14-6-3-9-20-14)17-11-13-5-2-8-19-13/h1-11,15H/b16-10+,17-11?. The molecule has 0 aliphatic heterocycles. The van der Waals surface area contributed by atoms with Crippen molar-refractivity contribution >= 4 is 12.4 Å². The predicted molar refractivity (Wildman–Crippen MR) is 74.1 cm³/mol. The number of furan rings is 3. The summed E-state index contributed by atoms with van der Waals surface area (Å²) in [6.45, 7) is 0. The second kappa shape index (κ2) is 5.88. The maximum atomic E-state index is 5.35. The Hall–Kier alpha value is -2.82. The van der Waals surface area contributed by atoms with Gasteiger partial charge in [0.15, 0.2) is 6.17 Å². The maximum absolute atomic E-state index is 5.35. The molecule has 5 nitrogen and oxygen atoms in total. The molecule has 0 fully saturated rings. The van der Waals surface area contributed by atoms with Crippen LogP contribution in [0.5, 0.6) is 0 Å². The summed E-state index contributed by atoms with van der Waals surface area (Å²) in [5.74, 6) is 1.97. The second-order valence-corrected chi connectivity index (χ2v) is 3.98. The van der Waals surface area contributed by atoms with Gasteiger partial charge in [0.2, 0.25) is 0 Å². The average Bonchev–Trinajstić information content (AvgIpc) is 3.22. The van der Waals surface area contributed by atoms with E-state index in [-0.39, 0.29) is 0 Å². The van der Waals surface area contributed by atoms with E-state index in [1.807, 2.05) is 18.2 Å². The van der Waals surface area contributed by atoms with Crippen molar-refractivity contribution in [2.45, 2.75) is 6.17 Å². The van der Waals surface area contributed by atoms with E-state index in [1.165, 1.54) is 0 Å². The fourth-order valence-corrected chi connectivity index (χ4v) is 1.64. The van der Waals surface area contributed by atoms with Crippen LogP contribution in [-0.2, 0) is 0 Å². The molecule has 0 N–H and O–H groups in total. The van der Waals surface area contributed by atoms with Gasteiger partial charge in [0.1, 0.15) is 17.3 Å². The number of hydrogen-bond acceptors (Lipinski definition) is 5. The van der Waals surface area contributed by atoms with Gasteiger partial charge < -0.3 is 13.3 Å². The average molecular weight is 268 g/mol. The SMILES string of the molecule is C(=NC(/N=C/c1ccco1)c1ccco1)c1ccco1. The summed E-state index contributed by atoms with van der Waals surface area (Å²) in [6, 6.07) is 10.9. The molecule has 3 aromatic heterocycles.